The van der Waals surface area contributed by atoms with E-state index in [1.165, 1.54) is 17.2 Å². The van der Waals surface area contributed by atoms with Crippen LogP contribution in [0.4, 0.5) is 5.69 Å². The molecule has 1 aromatic carbocycles. The number of nitrogens with one attached hydrogen (secondary N) is 1. The molecule has 1 aliphatic rings. The van der Waals surface area contributed by atoms with E-state index in [2.05, 4.69) is 5.32 Å². The van der Waals surface area contributed by atoms with Crippen LogP contribution in [0.5, 0.6) is 0 Å². The molecule has 1 aliphatic heterocycles. The minimum absolute atomic E-state index is 0.156. The second-order valence-corrected chi connectivity index (χ2v) is 6.68. The Kier molecular flexibility index (Phi) is 6.03. The number of carbonyl (C=O) groups is 3. The van der Waals surface area contributed by atoms with Gasteiger partial charge in [-0.25, -0.2) is 4.79 Å². The molecule has 9 heteroatoms. The zero-order valence-corrected chi connectivity index (χ0v) is 15.6. The fraction of sp³-hybridized carbons (Fsp3) is 0.278. The summed E-state index contributed by atoms with van der Waals surface area (Å²) in [4.78, 5) is 38.1. The van der Waals surface area contributed by atoms with E-state index in [-0.39, 0.29) is 16.7 Å². The van der Waals surface area contributed by atoms with Gasteiger partial charge in [0.05, 0.1) is 22.0 Å². The number of hydrogen-bond donors (Lipinski definition) is 1. The highest BCUT2D eigenvalue weighted by Crippen LogP contribution is 2.29. The van der Waals surface area contributed by atoms with E-state index in [0.29, 0.717) is 30.1 Å². The summed E-state index contributed by atoms with van der Waals surface area (Å²) in [5, 5.41) is 3.02. The predicted octanol–water partition coefficient (Wildman–Crippen LogP) is 3.37. The van der Waals surface area contributed by atoms with Gasteiger partial charge >= 0.3 is 5.97 Å². The number of amides is 2. The monoisotopic (exact) mass is 410 g/mol. The molecule has 0 saturated carbocycles. The third kappa shape index (κ3) is 4.43. The summed E-state index contributed by atoms with van der Waals surface area (Å²) < 4.78 is 10.2. The molecule has 0 spiro atoms. The maximum atomic E-state index is 12.4. The normalized spacial score (nSPS) is 16.2. The van der Waals surface area contributed by atoms with Gasteiger partial charge in [-0.1, -0.05) is 29.3 Å². The summed E-state index contributed by atoms with van der Waals surface area (Å²) in [5.74, 6) is -1.42. The summed E-state index contributed by atoms with van der Waals surface area (Å²) in [7, 11) is 0. The summed E-state index contributed by atoms with van der Waals surface area (Å²) in [6, 6.07) is 7.18. The minimum Gasteiger partial charge on any atom is -0.459 e. The van der Waals surface area contributed by atoms with Crippen LogP contribution < -0.4 is 5.32 Å². The second-order valence-electron chi connectivity index (χ2n) is 5.89. The van der Waals surface area contributed by atoms with Gasteiger partial charge in [0.1, 0.15) is 6.04 Å². The van der Waals surface area contributed by atoms with E-state index < -0.39 is 24.5 Å². The third-order valence-electron chi connectivity index (χ3n) is 4.09. The van der Waals surface area contributed by atoms with Gasteiger partial charge in [0.2, 0.25) is 0 Å². The zero-order chi connectivity index (χ0) is 19.4. The van der Waals surface area contributed by atoms with Crippen LogP contribution in [0.3, 0.4) is 0 Å². The van der Waals surface area contributed by atoms with Crippen molar-refractivity contribution in [2.24, 2.45) is 0 Å². The number of likely N-dealkylation sites (tertiary alicyclic amines) is 1. The molecule has 1 saturated heterocycles. The molecule has 142 valence electrons. The van der Waals surface area contributed by atoms with Crippen molar-refractivity contribution in [3.63, 3.8) is 0 Å². The van der Waals surface area contributed by atoms with Crippen molar-refractivity contribution in [1.82, 2.24) is 4.90 Å². The van der Waals surface area contributed by atoms with Crippen LogP contribution >= 0.6 is 23.2 Å². The summed E-state index contributed by atoms with van der Waals surface area (Å²) in [6.07, 6.45) is 2.52. The average Bonchev–Trinajstić information content (AvgIpc) is 3.34. The Morgan fingerprint density at radius 1 is 1.22 bits per heavy atom. The first kappa shape index (κ1) is 19.3. The summed E-state index contributed by atoms with van der Waals surface area (Å²) >= 11 is 11.9. The highest BCUT2D eigenvalue weighted by molar-refractivity contribution is 6.44. The largest absolute Gasteiger partial charge is 0.459 e. The minimum atomic E-state index is -0.745. The van der Waals surface area contributed by atoms with Crippen molar-refractivity contribution in [2.45, 2.75) is 18.9 Å². The van der Waals surface area contributed by atoms with Crippen LogP contribution in [-0.2, 0) is 14.3 Å². The Labute approximate surface area is 165 Å². The molecule has 1 aromatic heterocycles. The molecule has 3 rings (SSSR count). The Morgan fingerprint density at radius 3 is 2.78 bits per heavy atom. The summed E-state index contributed by atoms with van der Waals surface area (Å²) in [5.41, 5.74) is 0.320. The van der Waals surface area contributed by atoms with Crippen LogP contribution in [0, 0.1) is 0 Å². The van der Waals surface area contributed by atoms with Gasteiger partial charge in [0.15, 0.2) is 12.4 Å². The van der Waals surface area contributed by atoms with Gasteiger partial charge in [0.25, 0.3) is 11.8 Å². The lowest BCUT2D eigenvalue weighted by Gasteiger charge is -2.22. The van der Waals surface area contributed by atoms with Gasteiger partial charge in [-0.2, -0.15) is 0 Å². The number of furan rings is 1. The van der Waals surface area contributed by atoms with E-state index in [4.69, 9.17) is 32.4 Å². The number of anilines is 1. The van der Waals surface area contributed by atoms with Gasteiger partial charge in [-0.3, -0.25) is 9.59 Å². The number of nitrogens with zero attached hydrogens (tertiary/aromatic N) is 1. The van der Waals surface area contributed by atoms with E-state index in [0.717, 1.165) is 0 Å². The number of halogens is 2. The molecule has 0 bridgehead atoms. The molecule has 0 radical (unpaired) electrons. The first-order chi connectivity index (χ1) is 13.0. The first-order valence-corrected chi connectivity index (χ1v) is 8.98. The van der Waals surface area contributed by atoms with Crippen molar-refractivity contribution in [3.05, 3.63) is 52.4 Å². The maximum absolute atomic E-state index is 12.4. The van der Waals surface area contributed by atoms with Crippen LogP contribution in [0.2, 0.25) is 10.0 Å². The number of hydrogen-bond acceptors (Lipinski definition) is 5. The summed E-state index contributed by atoms with van der Waals surface area (Å²) in [6.45, 7) is -0.0788. The Morgan fingerprint density at radius 2 is 2.04 bits per heavy atom. The molecule has 0 aliphatic carbocycles. The Balaban J connectivity index is 1.56. The number of benzene rings is 1. The third-order valence-corrected chi connectivity index (χ3v) is 4.91. The highest BCUT2D eigenvalue weighted by Gasteiger charge is 2.36. The van der Waals surface area contributed by atoms with E-state index in [1.54, 1.807) is 24.3 Å². The van der Waals surface area contributed by atoms with Crippen molar-refractivity contribution in [1.29, 1.82) is 0 Å². The van der Waals surface area contributed by atoms with Crippen molar-refractivity contribution >= 4 is 46.7 Å². The van der Waals surface area contributed by atoms with Crippen LogP contribution in [0.15, 0.2) is 41.0 Å². The van der Waals surface area contributed by atoms with Crippen molar-refractivity contribution in [2.75, 3.05) is 18.5 Å². The smallest absolute Gasteiger partial charge is 0.329 e. The molecular weight excluding hydrogens is 395 g/mol. The molecular formula is C18H16Cl2N2O5. The average molecular weight is 411 g/mol. The molecule has 1 fully saturated rings. The van der Waals surface area contributed by atoms with Gasteiger partial charge in [0, 0.05) is 6.54 Å². The lowest BCUT2D eigenvalue weighted by atomic mass is 10.2. The van der Waals surface area contributed by atoms with Gasteiger partial charge < -0.3 is 19.4 Å². The second kappa shape index (κ2) is 8.45. The molecule has 2 amide bonds. The first-order valence-electron chi connectivity index (χ1n) is 8.22. The van der Waals surface area contributed by atoms with Crippen LogP contribution in [-0.4, -0.2) is 41.9 Å². The molecule has 2 heterocycles. The molecule has 27 heavy (non-hydrogen) atoms. The number of rotatable bonds is 5. The standard InChI is InChI=1S/C18H16Cl2N2O5/c19-11-4-1-5-12(16(11)20)21-15(23)10-27-18(25)13-6-2-8-22(13)17(24)14-7-3-9-26-14/h1,3-5,7,9,13H,2,6,8,10H2,(H,21,23). The van der Waals surface area contributed by atoms with Crippen LogP contribution in [0.1, 0.15) is 23.4 Å². The number of ether oxygens (including phenoxy) is 1. The quantitative estimate of drug-likeness (QED) is 0.763. The Hall–Kier alpha value is -2.51. The van der Waals surface area contributed by atoms with E-state index in [1.807, 2.05) is 0 Å². The fourth-order valence-corrected chi connectivity index (χ4v) is 3.16. The van der Waals surface area contributed by atoms with E-state index >= 15 is 0 Å². The molecule has 1 unspecified atom stereocenters. The van der Waals surface area contributed by atoms with Crippen molar-refractivity contribution in [3.8, 4) is 0 Å². The Bertz CT molecular complexity index is 853. The molecule has 2 aromatic rings. The lowest BCUT2D eigenvalue weighted by Crippen LogP contribution is -2.42. The van der Waals surface area contributed by atoms with Gasteiger partial charge in [-0.05, 0) is 37.1 Å². The molecule has 7 nitrogen and oxygen atoms in total. The van der Waals surface area contributed by atoms with E-state index in [9.17, 15) is 14.4 Å². The maximum Gasteiger partial charge on any atom is 0.329 e. The van der Waals surface area contributed by atoms with Crippen LogP contribution in [0.25, 0.3) is 0 Å². The highest BCUT2D eigenvalue weighted by atomic mass is 35.5. The topological polar surface area (TPSA) is 88.9 Å². The van der Waals surface area contributed by atoms with Crippen molar-refractivity contribution < 1.29 is 23.5 Å². The molecule has 1 atom stereocenters. The predicted molar refractivity (Wildman–Crippen MR) is 98.8 cm³/mol. The van der Waals surface area contributed by atoms with Gasteiger partial charge in [-0.15, -0.1) is 0 Å². The number of esters is 1. The number of carbonyl (C=O) groups excluding carboxylic acids is 3. The SMILES string of the molecule is O=C(COC(=O)C1CCCN1C(=O)c1ccco1)Nc1cccc(Cl)c1Cl. The molecule has 1 N–H and O–H groups in total. The lowest BCUT2D eigenvalue weighted by molar-refractivity contribution is -0.151. The fourth-order valence-electron chi connectivity index (χ4n) is 2.82. The zero-order valence-electron chi connectivity index (χ0n) is 14.1.